The third-order valence-corrected chi connectivity index (χ3v) is 4.87. The highest BCUT2D eigenvalue weighted by Gasteiger charge is 2.20. The van der Waals surface area contributed by atoms with Gasteiger partial charge in [-0.05, 0) is 43.4 Å². The van der Waals surface area contributed by atoms with E-state index in [9.17, 15) is 4.79 Å². The van der Waals surface area contributed by atoms with Crippen LogP contribution in [-0.2, 0) is 17.6 Å². The topological polar surface area (TPSA) is 51.2 Å². The van der Waals surface area contributed by atoms with E-state index in [1.165, 1.54) is 11.3 Å². The Morgan fingerprint density at radius 1 is 1.55 bits per heavy atom. The van der Waals surface area contributed by atoms with Crippen LogP contribution in [0.5, 0.6) is 5.75 Å². The van der Waals surface area contributed by atoms with E-state index in [-0.39, 0.29) is 12.5 Å². The molecule has 2 aromatic rings. The van der Waals surface area contributed by atoms with Crippen molar-refractivity contribution in [2.75, 3.05) is 11.9 Å². The predicted octanol–water partition coefficient (Wildman–Crippen LogP) is 3.94. The molecule has 116 valence electrons. The molecule has 0 aliphatic heterocycles. The average molecular weight is 337 g/mol. The molecule has 1 heterocycles. The van der Waals surface area contributed by atoms with Crippen molar-refractivity contribution in [3.8, 4) is 5.75 Å². The van der Waals surface area contributed by atoms with Crippen LogP contribution in [0, 0.1) is 5.92 Å². The number of amides is 1. The smallest absolute Gasteiger partial charge is 0.264 e. The molecular formula is C16H17ClN2O2S. The molecule has 0 saturated heterocycles. The molecule has 3 rings (SSSR count). The minimum Gasteiger partial charge on any atom is -0.484 e. The Hall–Kier alpha value is -1.59. The molecule has 4 nitrogen and oxygen atoms in total. The van der Waals surface area contributed by atoms with Gasteiger partial charge in [-0.2, -0.15) is 0 Å². The molecule has 1 amide bonds. The van der Waals surface area contributed by atoms with Crippen molar-refractivity contribution in [3.63, 3.8) is 0 Å². The molecule has 0 fully saturated rings. The second-order valence-electron chi connectivity index (χ2n) is 5.53. The highest BCUT2D eigenvalue weighted by atomic mass is 35.5. The number of halogens is 1. The molecule has 1 aromatic heterocycles. The number of fused-ring (bicyclic) bond motifs is 1. The number of anilines is 1. The Morgan fingerprint density at radius 2 is 2.41 bits per heavy atom. The summed E-state index contributed by atoms with van der Waals surface area (Å²) in [6.07, 6.45) is 3.23. The largest absolute Gasteiger partial charge is 0.484 e. The summed E-state index contributed by atoms with van der Waals surface area (Å²) in [5.41, 5.74) is 1.13. The number of rotatable bonds is 4. The molecule has 0 spiro atoms. The van der Waals surface area contributed by atoms with Crippen LogP contribution >= 0.6 is 22.9 Å². The molecule has 1 aliphatic rings. The van der Waals surface area contributed by atoms with Gasteiger partial charge in [0.1, 0.15) is 5.75 Å². The number of nitrogens with zero attached hydrogens (tertiary/aromatic N) is 1. The Labute approximate surface area is 138 Å². The molecule has 6 heteroatoms. The molecule has 0 radical (unpaired) electrons. The number of hydrogen-bond donors (Lipinski definition) is 1. The maximum Gasteiger partial charge on any atom is 0.264 e. The number of carbonyl (C=O) groups excluding carboxylic acids is 1. The number of aromatic nitrogens is 1. The normalized spacial score (nSPS) is 16.9. The fourth-order valence-electron chi connectivity index (χ4n) is 2.45. The summed E-state index contributed by atoms with van der Waals surface area (Å²) in [4.78, 5) is 17.7. The van der Waals surface area contributed by atoms with Gasteiger partial charge in [0.05, 0.1) is 5.69 Å². The summed E-state index contributed by atoms with van der Waals surface area (Å²) in [5.74, 6) is 1.07. The summed E-state index contributed by atoms with van der Waals surface area (Å²) in [6.45, 7) is 2.20. The fraction of sp³-hybridized carbons (Fsp3) is 0.375. The van der Waals surface area contributed by atoms with Crippen LogP contribution in [0.25, 0.3) is 0 Å². The van der Waals surface area contributed by atoms with Gasteiger partial charge in [-0.15, -0.1) is 11.3 Å². The Morgan fingerprint density at radius 3 is 3.23 bits per heavy atom. The SMILES string of the molecule is CC1CCc2nc(NC(=O)COc3cccc(Cl)c3)sc2C1. The number of ether oxygens (including phenoxy) is 1. The van der Waals surface area contributed by atoms with Gasteiger partial charge in [-0.1, -0.05) is 24.6 Å². The molecule has 0 saturated carbocycles. The van der Waals surface area contributed by atoms with Gasteiger partial charge >= 0.3 is 0 Å². The lowest BCUT2D eigenvalue weighted by atomic mass is 9.93. The third kappa shape index (κ3) is 3.78. The van der Waals surface area contributed by atoms with Crippen molar-refractivity contribution >= 4 is 34.0 Å². The first kappa shape index (κ1) is 15.3. The van der Waals surface area contributed by atoms with Crippen molar-refractivity contribution in [2.45, 2.75) is 26.2 Å². The first-order valence-electron chi connectivity index (χ1n) is 7.27. The maximum absolute atomic E-state index is 11.9. The molecular weight excluding hydrogens is 320 g/mol. The van der Waals surface area contributed by atoms with Crippen molar-refractivity contribution in [2.24, 2.45) is 5.92 Å². The number of hydrogen-bond acceptors (Lipinski definition) is 4. The number of carbonyl (C=O) groups is 1. The molecule has 1 aromatic carbocycles. The minimum atomic E-state index is -0.209. The van der Waals surface area contributed by atoms with Crippen LogP contribution in [0.2, 0.25) is 5.02 Å². The van der Waals surface area contributed by atoms with Crippen LogP contribution in [0.15, 0.2) is 24.3 Å². The maximum atomic E-state index is 11.9. The summed E-state index contributed by atoms with van der Waals surface area (Å²) in [7, 11) is 0. The lowest BCUT2D eigenvalue weighted by Crippen LogP contribution is -2.20. The van der Waals surface area contributed by atoms with E-state index >= 15 is 0 Å². The van der Waals surface area contributed by atoms with Gasteiger partial charge in [0.2, 0.25) is 0 Å². The lowest BCUT2D eigenvalue weighted by Gasteiger charge is -2.15. The van der Waals surface area contributed by atoms with Gasteiger partial charge in [-0.3, -0.25) is 10.1 Å². The van der Waals surface area contributed by atoms with Crippen LogP contribution in [-0.4, -0.2) is 17.5 Å². The van der Waals surface area contributed by atoms with Gasteiger partial charge in [0, 0.05) is 9.90 Å². The number of nitrogens with one attached hydrogen (secondary N) is 1. The first-order chi connectivity index (χ1) is 10.6. The summed E-state index contributed by atoms with van der Waals surface area (Å²) >= 11 is 7.44. The van der Waals surface area contributed by atoms with E-state index in [1.807, 2.05) is 0 Å². The van der Waals surface area contributed by atoms with Gasteiger partial charge in [-0.25, -0.2) is 4.98 Å². The molecule has 1 unspecified atom stereocenters. The number of aryl methyl sites for hydroxylation is 1. The number of benzene rings is 1. The Bertz CT molecular complexity index is 687. The van der Waals surface area contributed by atoms with Crippen molar-refractivity contribution in [3.05, 3.63) is 39.9 Å². The second-order valence-corrected chi connectivity index (χ2v) is 7.05. The van der Waals surface area contributed by atoms with E-state index in [2.05, 4.69) is 17.2 Å². The van der Waals surface area contributed by atoms with E-state index < -0.39 is 0 Å². The van der Waals surface area contributed by atoms with Crippen molar-refractivity contribution in [1.29, 1.82) is 0 Å². The molecule has 22 heavy (non-hydrogen) atoms. The van der Waals surface area contributed by atoms with Crippen molar-refractivity contribution in [1.82, 2.24) is 4.98 Å². The zero-order chi connectivity index (χ0) is 15.5. The van der Waals surface area contributed by atoms with Gasteiger partial charge < -0.3 is 4.74 Å². The van der Waals surface area contributed by atoms with Crippen LogP contribution in [0.3, 0.4) is 0 Å². The minimum absolute atomic E-state index is 0.0546. The first-order valence-corrected chi connectivity index (χ1v) is 8.46. The quantitative estimate of drug-likeness (QED) is 0.920. The van der Waals surface area contributed by atoms with E-state index in [4.69, 9.17) is 16.3 Å². The second kappa shape index (κ2) is 6.67. The van der Waals surface area contributed by atoms with E-state index in [0.717, 1.165) is 18.5 Å². The fourth-order valence-corrected chi connectivity index (χ4v) is 3.82. The predicted molar refractivity (Wildman–Crippen MR) is 88.9 cm³/mol. The highest BCUT2D eigenvalue weighted by Crippen LogP contribution is 2.32. The van der Waals surface area contributed by atoms with E-state index in [0.29, 0.717) is 21.8 Å². The van der Waals surface area contributed by atoms with Crippen LogP contribution in [0.4, 0.5) is 5.13 Å². The van der Waals surface area contributed by atoms with Gasteiger partial charge in [0.25, 0.3) is 5.91 Å². The zero-order valence-electron chi connectivity index (χ0n) is 12.3. The van der Waals surface area contributed by atoms with Crippen LogP contribution in [0.1, 0.15) is 23.9 Å². The van der Waals surface area contributed by atoms with E-state index in [1.54, 1.807) is 35.6 Å². The zero-order valence-corrected chi connectivity index (χ0v) is 13.8. The van der Waals surface area contributed by atoms with Crippen molar-refractivity contribution < 1.29 is 9.53 Å². The molecule has 1 aliphatic carbocycles. The summed E-state index contributed by atoms with van der Waals surface area (Å²) in [6, 6.07) is 6.99. The summed E-state index contributed by atoms with van der Waals surface area (Å²) in [5, 5.41) is 4.06. The summed E-state index contributed by atoms with van der Waals surface area (Å²) < 4.78 is 5.42. The lowest BCUT2D eigenvalue weighted by molar-refractivity contribution is -0.118. The molecule has 1 N–H and O–H groups in total. The third-order valence-electron chi connectivity index (χ3n) is 3.60. The highest BCUT2D eigenvalue weighted by molar-refractivity contribution is 7.15. The van der Waals surface area contributed by atoms with Gasteiger partial charge in [0.15, 0.2) is 11.7 Å². The molecule has 1 atom stereocenters. The Kier molecular flexibility index (Phi) is 4.64. The average Bonchev–Trinajstić information content (AvgIpc) is 2.86. The number of thiazole rings is 1. The molecule has 0 bridgehead atoms. The van der Waals surface area contributed by atoms with Crippen LogP contribution < -0.4 is 10.1 Å². The Balaban J connectivity index is 1.56. The standard InChI is InChI=1S/C16H17ClN2O2S/c1-10-5-6-13-14(7-10)22-16(18-13)19-15(20)9-21-12-4-2-3-11(17)8-12/h2-4,8,10H,5-7,9H2,1H3,(H,18,19,20). The monoisotopic (exact) mass is 336 g/mol.